The van der Waals surface area contributed by atoms with Crippen LogP contribution in [0.4, 0.5) is 21.0 Å². The number of sulfonamides is 2. The Morgan fingerprint density at radius 3 is 1.47 bits per heavy atom. The van der Waals surface area contributed by atoms with E-state index in [-0.39, 0.29) is 41.2 Å². The molecule has 4 aromatic carbocycles. The van der Waals surface area contributed by atoms with Crippen LogP contribution in [0.1, 0.15) is 50.7 Å². The van der Waals surface area contributed by atoms with E-state index in [0.717, 1.165) is 22.5 Å². The summed E-state index contributed by atoms with van der Waals surface area (Å²) in [7, 11) is -7.24. The van der Waals surface area contributed by atoms with Crippen LogP contribution >= 0.6 is 34.8 Å². The number of anilines is 2. The lowest BCUT2D eigenvalue weighted by Gasteiger charge is -2.39. The molecule has 0 N–H and O–H groups in total. The van der Waals surface area contributed by atoms with Crippen molar-refractivity contribution in [2.24, 2.45) is 0 Å². The SMILES string of the molecule is CC(C)Oc1ccc(S(=O)(=O)N2CCC(N3C(=O)OCc4cc(Cl)ccc43)CC2)cc1.O=C1OCc2cc(Cl)ccc2N1C1CCN(S(=O)(=O)c2cccc(Cl)c2)CC1. The molecule has 314 valence electrons. The van der Waals surface area contributed by atoms with Crippen molar-refractivity contribution in [1.29, 1.82) is 0 Å². The topological polar surface area (TPSA) is 143 Å². The first-order valence-electron chi connectivity index (χ1n) is 19.1. The van der Waals surface area contributed by atoms with Gasteiger partial charge in [0, 0.05) is 64.5 Å². The third-order valence-electron chi connectivity index (χ3n) is 10.5. The molecule has 0 spiro atoms. The fourth-order valence-electron chi connectivity index (χ4n) is 7.69. The molecule has 4 aromatic rings. The Balaban J connectivity index is 0.000000180. The Morgan fingerprint density at radius 2 is 1.03 bits per heavy atom. The molecule has 2 fully saturated rings. The fourth-order valence-corrected chi connectivity index (χ4v) is 11.3. The number of rotatable bonds is 8. The third kappa shape index (κ3) is 9.46. The number of amides is 2. The van der Waals surface area contributed by atoms with Crippen LogP contribution in [0, 0.1) is 0 Å². The van der Waals surface area contributed by atoms with E-state index in [2.05, 4.69) is 0 Å². The lowest BCUT2D eigenvalue weighted by atomic mass is 10.0. The molecule has 4 aliphatic heterocycles. The van der Waals surface area contributed by atoms with Gasteiger partial charge in [0.1, 0.15) is 19.0 Å². The van der Waals surface area contributed by atoms with Crippen LogP contribution in [0.2, 0.25) is 15.1 Å². The molecule has 0 aromatic heterocycles. The van der Waals surface area contributed by atoms with E-state index in [1.165, 1.54) is 20.7 Å². The minimum Gasteiger partial charge on any atom is -0.491 e. The summed E-state index contributed by atoms with van der Waals surface area (Å²) in [6.45, 7) is 5.48. The monoisotopic (exact) mass is 904 g/mol. The van der Waals surface area contributed by atoms with E-state index in [1.807, 2.05) is 26.0 Å². The number of nitrogens with zero attached hydrogens (tertiary/aromatic N) is 4. The molecular formula is C41H43Cl3N4O9S2. The summed E-state index contributed by atoms with van der Waals surface area (Å²) in [5.74, 6) is 0.634. The van der Waals surface area contributed by atoms with E-state index in [4.69, 9.17) is 49.0 Å². The first-order valence-corrected chi connectivity index (χ1v) is 23.1. The number of ether oxygens (including phenoxy) is 3. The highest BCUT2D eigenvalue weighted by Crippen LogP contribution is 2.36. The van der Waals surface area contributed by atoms with Gasteiger partial charge in [0.15, 0.2) is 0 Å². The van der Waals surface area contributed by atoms with Crippen molar-refractivity contribution in [3.8, 4) is 5.75 Å². The van der Waals surface area contributed by atoms with Crippen LogP contribution < -0.4 is 14.5 Å². The maximum atomic E-state index is 13.1. The largest absolute Gasteiger partial charge is 0.491 e. The van der Waals surface area contributed by atoms with Crippen LogP contribution in [0.5, 0.6) is 5.75 Å². The molecule has 2 amide bonds. The zero-order valence-corrected chi connectivity index (χ0v) is 36.2. The average Bonchev–Trinajstić information content (AvgIpc) is 3.21. The van der Waals surface area contributed by atoms with Crippen molar-refractivity contribution in [3.63, 3.8) is 0 Å². The Bertz CT molecular complexity index is 2420. The van der Waals surface area contributed by atoms with Crippen LogP contribution in [0.25, 0.3) is 0 Å². The molecule has 8 rings (SSSR count). The predicted octanol–water partition coefficient (Wildman–Crippen LogP) is 8.74. The van der Waals surface area contributed by atoms with E-state index in [9.17, 15) is 26.4 Å². The van der Waals surface area contributed by atoms with Gasteiger partial charge >= 0.3 is 12.2 Å². The van der Waals surface area contributed by atoms with Crippen molar-refractivity contribution in [2.75, 3.05) is 36.0 Å². The zero-order chi connectivity index (χ0) is 42.1. The summed E-state index contributed by atoms with van der Waals surface area (Å²) in [6, 6.07) is 23.2. The van der Waals surface area contributed by atoms with E-state index in [0.29, 0.717) is 72.7 Å². The van der Waals surface area contributed by atoms with Crippen LogP contribution in [0.3, 0.4) is 0 Å². The Labute approximate surface area is 359 Å². The Kier molecular flexibility index (Phi) is 13.0. The van der Waals surface area contributed by atoms with Crippen LogP contribution in [-0.2, 0) is 42.7 Å². The summed E-state index contributed by atoms with van der Waals surface area (Å²) < 4.78 is 71.0. The molecule has 59 heavy (non-hydrogen) atoms. The van der Waals surface area contributed by atoms with E-state index >= 15 is 0 Å². The summed E-state index contributed by atoms with van der Waals surface area (Å²) in [6.07, 6.45) is 1.26. The Hall–Kier alpha value is -4.09. The van der Waals surface area contributed by atoms with Crippen molar-refractivity contribution in [1.82, 2.24) is 8.61 Å². The van der Waals surface area contributed by atoms with Crippen molar-refractivity contribution < 1.29 is 40.6 Å². The predicted molar refractivity (Wildman–Crippen MR) is 225 cm³/mol. The molecule has 2 saturated heterocycles. The van der Waals surface area contributed by atoms with Gasteiger partial charge in [0.05, 0.1) is 27.3 Å². The molecule has 0 saturated carbocycles. The van der Waals surface area contributed by atoms with Gasteiger partial charge < -0.3 is 14.2 Å². The van der Waals surface area contributed by atoms with Gasteiger partial charge in [-0.3, -0.25) is 9.80 Å². The quantitative estimate of drug-likeness (QED) is 0.170. The maximum absolute atomic E-state index is 13.1. The molecule has 18 heteroatoms. The van der Waals surface area contributed by atoms with E-state index in [1.54, 1.807) is 70.5 Å². The highest BCUT2D eigenvalue weighted by molar-refractivity contribution is 7.89. The number of benzene rings is 4. The van der Waals surface area contributed by atoms with Gasteiger partial charge in [-0.25, -0.2) is 26.4 Å². The molecule has 0 aliphatic carbocycles. The lowest BCUT2D eigenvalue weighted by molar-refractivity contribution is 0.135. The van der Waals surface area contributed by atoms with Gasteiger partial charge in [0.2, 0.25) is 20.0 Å². The summed E-state index contributed by atoms with van der Waals surface area (Å²) >= 11 is 18.1. The lowest BCUT2D eigenvalue weighted by Crippen LogP contribution is -2.50. The molecule has 0 radical (unpaired) electrons. The summed E-state index contributed by atoms with van der Waals surface area (Å²) in [5.41, 5.74) is 3.26. The zero-order valence-electron chi connectivity index (χ0n) is 32.3. The second-order valence-corrected chi connectivity index (χ2v) is 19.9. The van der Waals surface area contributed by atoms with Gasteiger partial charge in [-0.05, 0) is 118 Å². The standard InChI is InChI=1S/C22H25ClN2O5S.C19H18Cl2N2O4S/c1-15(2)30-19-4-6-20(7-5-19)31(27,28)24-11-9-18(10-12-24)25-21-8-3-17(23)13-16(21)14-29-22(25)26;20-14-2-1-3-17(11-14)28(25,26)22-8-6-16(7-9-22)23-18-5-4-15(21)10-13(18)12-27-19(23)24/h3-8,13,15,18H,9-12,14H2,1-2H3;1-5,10-11,16H,6-9,12H2. The van der Waals surface area contributed by atoms with Crippen molar-refractivity contribution in [3.05, 3.63) is 111 Å². The normalized spacial score (nSPS) is 18.3. The second kappa shape index (κ2) is 17.9. The molecular weight excluding hydrogens is 863 g/mol. The minimum absolute atomic E-state index is 0.0177. The highest BCUT2D eigenvalue weighted by atomic mass is 35.5. The third-order valence-corrected chi connectivity index (χ3v) is 15.1. The molecule has 0 bridgehead atoms. The second-order valence-electron chi connectivity index (χ2n) is 14.8. The first-order chi connectivity index (χ1) is 28.1. The van der Waals surface area contributed by atoms with Gasteiger partial charge in [0.25, 0.3) is 0 Å². The fraction of sp³-hybridized carbons (Fsp3) is 0.366. The number of fused-ring (bicyclic) bond motifs is 2. The molecule has 0 unspecified atom stereocenters. The number of carbonyl (C=O) groups excluding carboxylic acids is 2. The van der Waals surface area contributed by atoms with Gasteiger partial charge in [-0.1, -0.05) is 40.9 Å². The summed E-state index contributed by atoms with van der Waals surface area (Å²) in [4.78, 5) is 28.6. The molecule has 4 aliphatic rings. The molecule has 4 heterocycles. The number of halogens is 3. The smallest absolute Gasteiger partial charge is 0.414 e. The minimum atomic E-state index is -3.62. The number of hydrogen-bond acceptors (Lipinski definition) is 9. The van der Waals surface area contributed by atoms with Crippen molar-refractivity contribution in [2.45, 2.75) is 80.7 Å². The van der Waals surface area contributed by atoms with E-state index < -0.39 is 32.2 Å². The van der Waals surface area contributed by atoms with Crippen molar-refractivity contribution >= 4 is 78.4 Å². The maximum Gasteiger partial charge on any atom is 0.414 e. The van der Waals surface area contributed by atoms with Crippen LogP contribution in [0.15, 0.2) is 94.7 Å². The number of piperidine rings is 2. The average molecular weight is 906 g/mol. The molecule has 0 atom stereocenters. The van der Waals surface area contributed by atoms with Gasteiger partial charge in [-0.2, -0.15) is 8.61 Å². The molecule has 13 nitrogen and oxygen atoms in total. The van der Waals surface area contributed by atoms with Gasteiger partial charge in [-0.15, -0.1) is 0 Å². The number of carbonyl (C=O) groups is 2. The Morgan fingerprint density at radius 1 is 0.593 bits per heavy atom. The number of hydrogen-bond donors (Lipinski definition) is 0. The highest BCUT2D eigenvalue weighted by Gasteiger charge is 2.39. The number of cyclic esters (lactones) is 2. The summed E-state index contributed by atoms with van der Waals surface area (Å²) in [5, 5.41) is 1.55. The van der Waals surface area contributed by atoms with Crippen LogP contribution in [-0.4, -0.2) is 82.0 Å². The first kappa shape index (κ1) is 43.0.